The number of hydrogen-bond donors (Lipinski definition) is 0. The van der Waals surface area contributed by atoms with Crippen molar-refractivity contribution >= 4 is 5.82 Å². The first kappa shape index (κ1) is 15.3. The van der Waals surface area contributed by atoms with Gasteiger partial charge in [0.2, 0.25) is 0 Å². The van der Waals surface area contributed by atoms with Crippen molar-refractivity contribution in [3.05, 3.63) is 18.1 Å². The van der Waals surface area contributed by atoms with Crippen LogP contribution in [0.4, 0.5) is 5.82 Å². The molecule has 0 amide bonds. The molecule has 4 rings (SSSR count). The van der Waals surface area contributed by atoms with Crippen LogP contribution in [0, 0.1) is 0 Å². The largest absolute Gasteiger partial charge is 0.381 e. The molecule has 2 aliphatic heterocycles. The Balaban J connectivity index is 1.37. The first-order chi connectivity index (χ1) is 11.4. The molecule has 3 aliphatic rings. The number of ether oxygens (including phenoxy) is 1. The Bertz CT molecular complexity index is 503. The van der Waals surface area contributed by atoms with Crippen LogP contribution in [0.25, 0.3) is 0 Å². The van der Waals surface area contributed by atoms with Crippen LogP contribution in [0.5, 0.6) is 0 Å². The van der Waals surface area contributed by atoms with Crippen molar-refractivity contribution in [3.8, 4) is 0 Å². The van der Waals surface area contributed by atoms with E-state index in [0.29, 0.717) is 5.92 Å². The average Bonchev–Trinajstić information content (AvgIpc) is 3.18. The van der Waals surface area contributed by atoms with E-state index in [1.165, 1.54) is 45.2 Å². The summed E-state index contributed by atoms with van der Waals surface area (Å²) in [5, 5.41) is 0. The number of anilines is 1. The fourth-order valence-corrected chi connectivity index (χ4v) is 4.29. The lowest BCUT2D eigenvalue weighted by Crippen LogP contribution is -2.51. The summed E-state index contributed by atoms with van der Waals surface area (Å²) in [4.78, 5) is 14.1. The number of piperazine rings is 1. The number of rotatable bonds is 3. The fraction of sp³-hybridized carbons (Fsp3) is 0.778. The number of hydrogen-bond acceptors (Lipinski definition) is 5. The lowest BCUT2D eigenvalue weighted by molar-refractivity contribution is 0.147. The van der Waals surface area contributed by atoms with Gasteiger partial charge in [0.25, 0.3) is 0 Å². The quantitative estimate of drug-likeness (QED) is 0.857. The zero-order chi connectivity index (χ0) is 15.5. The molecule has 126 valence electrons. The SMILES string of the molecule is c1nc([C@@H]2CCOC2)cc(N2CCN(C3CCCCC3)CC2)n1. The molecule has 0 radical (unpaired) electrons. The monoisotopic (exact) mass is 316 g/mol. The van der Waals surface area contributed by atoms with Crippen molar-refractivity contribution < 1.29 is 4.74 Å². The molecule has 2 saturated heterocycles. The minimum Gasteiger partial charge on any atom is -0.381 e. The minimum absolute atomic E-state index is 0.459. The summed E-state index contributed by atoms with van der Waals surface area (Å²) < 4.78 is 5.50. The first-order valence-electron chi connectivity index (χ1n) is 9.29. The van der Waals surface area contributed by atoms with Gasteiger partial charge in [-0.2, -0.15) is 0 Å². The van der Waals surface area contributed by atoms with E-state index in [9.17, 15) is 0 Å². The first-order valence-corrected chi connectivity index (χ1v) is 9.29. The van der Waals surface area contributed by atoms with Crippen molar-refractivity contribution in [3.63, 3.8) is 0 Å². The van der Waals surface area contributed by atoms with Gasteiger partial charge in [-0.1, -0.05) is 19.3 Å². The molecule has 0 bridgehead atoms. The van der Waals surface area contributed by atoms with Crippen LogP contribution in [0.1, 0.15) is 50.1 Å². The summed E-state index contributed by atoms with van der Waals surface area (Å²) in [5.41, 5.74) is 1.15. The molecule has 0 unspecified atom stereocenters. The zero-order valence-electron chi connectivity index (χ0n) is 14.0. The van der Waals surface area contributed by atoms with Crippen LogP contribution in [-0.4, -0.2) is 60.3 Å². The Morgan fingerprint density at radius 2 is 1.78 bits per heavy atom. The third-order valence-electron chi connectivity index (χ3n) is 5.75. The minimum atomic E-state index is 0.459. The Labute approximate surface area is 139 Å². The second-order valence-electron chi connectivity index (χ2n) is 7.18. The van der Waals surface area contributed by atoms with E-state index in [2.05, 4.69) is 25.8 Å². The molecule has 23 heavy (non-hydrogen) atoms. The molecule has 0 N–H and O–H groups in total. The molecule has 1 atom stereocenters. The average molecular weight is 316 g/mol. The van der Waals surface area contributed by atoms with Gasteiger partial charge < -0.3 is 9.64 Å². The Morgan fingerprint density at radius 1 is 0.957 bits per heavy atom. The third-order valence-corrected chi connectivity index (χ3v) is 5.75. The van der Waals surface area contributed by atoms with Gasteiger partial charge in [0.1, 0.15) is 12.1 Å². The van der Waals surface area contributed by atoms with Crippen molar-refractivity contribution in [1.29, 1.82) is 0 Å². The highest BCUT2D eigenvalue weighted by Crippen LogP contribution is 2.27. The van der Waals surface area contributed by atoms with Crippen LogP contribution >= 0.6 is 0 Å². The standard InChI is InChI=1S/C18H28N4O/c1-2-4-16(5-3-1)21-7-9-22(10-8-21)18-12-17(19-14-20-18)15-6-11-23-13-15/h12,14-16H,1-11,13H2/t15-/m1/s1. The van der Waals surface area contributed by atoms with Gasteiger partial charge >= 0.3 is 0 Å². The summed E-state index contributed by atoms with van der Waals surface area (Å²) >= 11 is 0. The molecule has 1 aliphatic carbocycles. The third kappa shape index (κ3) is 3.50. The van der Waals surface area contributed by atoms with E-state index in [4.69, 9.17) is 4.74 Å². The van der Waals surface area contributed by atoms with E-state index in [1.54, 1.807) is 6.33 Å². The predicted molar refractivity (Wildman–Crippen MR) is 90.9 cm³/mol. The fourth-order valence-electron chi connectivity index (χ4n) is 4.29. The summed E-state index contributed by atoms with van der Waals surface area (Å²) in [5.74, 6) is 1.56. The Kier molecular flexibility index (Phi) is 4.76. The number of nitrogens with zero attached hydrogens (tertiary/aromatic N) is 4. The molecular weight excluding hydrogens is 288 g/mol. The second-order valence-corrected chi connectivity index (χ2v) is 7.18. The number of aromatic nitrogens is 2. The van der Waals surface area contributed by atoms with Crippen LogP contribution in [-0.2, 0) is 4.74 Å². The van der Waals surface area contributed by atoms with Crippen molar-refractivity contribution in [2.75, 3.05) is 44.3 Å². The van der Waals surface area contributed by atoms with E-state index >= 15 is 0 Å². The van der Waals surface area contributed by atoms with Crippen LogP contribution in [0.2, 0.25) is 0 Å². The maximum Gasteiger partial charge on any atom is 0.132 e. The highest BCUT2D eigenvalue weighted by Gasteiger charge is 2.26. The molecular formula is C18H28N4O. The van der Waals surface area contributed by atoms with Crippen LogP contribution in [0.15, 0.2) is 12.4 Å². The van der Waals surface area contributed by atoms with Gasteiger partial charge in [-0.15, -0.1) is 0 Å². The molecule has 1 aromatic rings. The van der Waals surface area contributed by atoms with Crippen LogP contribution < -0.4 is 4.90 Å². The predicted octanol–water partition coefficient (Wildman–Crippen LogP) is 2.44. The van der Waals surface area contributed by atoms with Gasteiger partial charge in [0.05, 0.1) is 12.3 Å². The van der Waals surface area contributed by atoms with Gasteiger partial charge in [0, 0.05) is 50.8 Å². The topological polar surface area (TPSA) is 41.5 Å². The summed E-state index contributed by atoms with van der Waals surface area (Å²) in [6, 6.07) is 3.03. The van der Waals surface area contributed by atoms with E-state index in [1.807, 2.05) is 0 Å². The van der Waals surface area contributed by atoms with Crippen molar-refractivity contribution in [2.45, 2.75) is 50.5 Å². The van der Waals surface area contributed by atoms with Gasteiger partial charge in [-0.3, -0.25) is 4.90 Å². The molecule has 3 heterocycles. The molecule has 1 aromatic heterocycles. The smallest absolute Gasteiger partial charge is 0.132 e. The van der Waals surface area contributed by atoms with E-state index in [0.717, 1.165) is 50.3 Å². The molecule has 0 aromatic carbocycles. The molecule has 1 saturated carbocycles. The van der Waals surface area contributed by atoms with E-state index in [-0.39, 0.29) is 0 Å². The molecule has 3 fully saturated rings. The normalized spacial score (nSPS) is 27.5. The lowest BCUT2D eigenvalue weighted by Gasteiger charge is -2.41. The van der Waals surface area contributed by atoms with Gasteiger partial charge in [0.15, 0.2) is 0 Å². The second kappa shape index (κ2) is 7.14. The maximum atomic E-state index is 5.50. The Hall–Kier alpha value is -1.20. The highest BCUT2D eigenvalue weighted by atomic mass is 16.5. The van der Waals surface area contributed by atoms with Crippen LogP contribution in [0.3, 0.4) is 0 Å². The zero-order valence-corrected chi connectivity index (χ0v) is 14.0. The summed E-state index contributed by atoms with van der Waals surface area (Å²) in [7, 11) is 0. The van der Waals surface area contributed by atoms with Gasteiger partial charge in [-0.05, 0) is 19.3 Å². The molecule has 5 heteroatoms. The molecule has 0 spiro atoms. The lowest BCUT2D eigenvalue weighted by atomic mass is 9.94. The highest BCUT2D eigenvalue weighted by molar-refractivity contribution is 5.40. The Morgan fingerprint density at radius 3 is 2.52 bits per heavy atom. The van der Waals surface area contributed by atoms with Gasteiger partial charge in [-0.25, -0.2) is 9.97 Å². The molecule has 5 nitrogen and oxygen atoms in total. The van der Waals surface area contributed by atoms with Crippen molar-refractivity contribution in [2.24, 2.45) is 0 Å². The maximum absolute atomic E-state index is 5.50. The van der Waals surface area contributed by atoms with Crippen molar-refractivity contribution in [1.82, 2.24) is 14.9 Å². The summed E-state index contributed by atoms with van der Waals surface area (Å²) in [6.07, 6.45) is 9.90. The summed E-state index contributed by atoms with van der Waals surface area (Å²) in [6.45, 7) is 6.21. The van der Waals surface area contributed by atoms with E-state index < -0.39 is 0 Å².